The van der Waals surface area contributed by atoms with Gasteiger partial charge in [-0.05, 0) is 33.1 Å². The van der Waals surface area contributed by atoms with Crippen molar-refractivity contribution in [1.82, 2.24) is 15.5 Å². The molecule has 120 valence electrons. The molecular formula is C14H25N3O4. The van der Waals surface area contributed by atoms with Gasteiger partial charge in [-0.25, -0.2) is 4.79 Å². The molecule has 2 atom stereocenters. The normalized spacial score (nSPS) is 23.6. The zero-order valence-electron chi connectivity index (χ0n) is 12.9. The predicted octanol–water partition coefficient (Wildman–Crippen LogP) is 0.940. The Labute approximate surface area is 125 Å². The lowest BCUT2D eigenvalue weighted by molar-refractivity contribution is -0.152. The summed E-state index contributed by atoms with van der Waals surface area (Å²) in [4.78, 5) is 37.0. The van der Waals surface area contributed by atoms with Crippen molar-refractivity contribution in [3.63, 3.8) is 0 Å². The Hall–Kier alpha value is -1.63. The van der Waals surface area contributed by atoms with E-state index in [4.69, 9.17) is 0 Å². The minimum atomic E-state index is -0.993. The molecule has 3 N–H and O–H groups in total. The number of carbonyl (C=O) groups excluding carboxylic acids is 2. The van der Waals surface area contributed by atoms with Gasteiger partial charge in [-0.3, -0.25) is 19.8 Å². The molecule has 1 aliphatic heterocycles. The molecule has 0 aliphatic carbocycles. The van der Waals surface area contributed by atoms with Gasteiger partial charge in [0, 0.05) is 13.1 Å². The lowest BCUT2D eigenvalue weighted by atomic mass is 9.89. The van der Waals surface area contributed by atoms with Crippen LogP contribution in [0, 0.1) is 0 Å². The van der Waals surface area contributed by atoms with Gasteiger partial charge in [-0.2, -0.15) is 0 Å². The Bertz CT molecular complexity index is 413. The Morgan fingerprint density at radius 2 is 2.00 bits per heavy atom. The van der Waals surface area contributed by atoms with Crippen LogP contribution in [0.2, 0.25) is 0 Å². The molecule has 0 aromatic heterocycles. The predicted molar refractivity (Wildman–Crippen MR) is 77.9 cm³/mol. The summed E-state index contributed by atoms with van der Waals surface area (Å²) in [5.41, 5.74) is -0.993. The zero-order valence-corrected chi connectivity index (χ0v) is 12.9. The summed E-state index contributed by atoms with van der Waals surface area (Å²) in [6.07, 6.45) is 2.51. The van der Waals surface area contributed by atoms with Gasteiger partial charge in [0.05, 0.1) is 6.04 Å². The van der Waals surface area contributed by atoms with E-state index in [1.807, 2.05) is 6.92 Å². The van der Waals surface area contributed by atoms with Crippen LogP contribution < -0.4 is 10.6 Å². The van der Waals surface area contributed by atoms with Crippen LogP contribution in [-0.4, -0.2) is 52.6 Å². The Morgan fingerprint density at radius 1 is 1.33 bits per heavy atom. The van der Waals surface area contributed by atoms with Crippen LogP contribution in [0.15, 0.2) is 0 Å². The summed E-state index contributed by atoms with van der Waals surface area (Å²) < 4.78 is 0. The van der Waals surface area contributed by atoms with Crippen LogP contribution >= 0.6 is 0 Å². The molecule has 1 fully saturated rings. The summed E-state index contributed by atoms with van der Waals surface area (Å²) in [7, 11) is 0. The van der Waals surface area contributed by atoms with Crippen LogP contribution in [0.4, 0.5) is 4.79 Å². The first kappa shape index (κ1) is 17.4. The molecule has 1 saturated heterocycles. The Kier molecular flexibility index (Phi) is 6.14. The molecule has 7 heteroatoms. The van der Waals surface area contributed by atoms with Crippen LogP contribution in [0.25, 0.3) is 0 Å². The van der Waals surface area contributed by atoms with Crippen molar-refractivity contribution in [1.29, 1.82) is 0 Å². The van der Waals surface area contributed by atoms with E-state index in [2.05, 4.69) is 10.6 Å². The fourth-order valence-electron chi connectivity index (χ4n) is 3.05. The van der Waals surface area contributed by atoms with E-state index < -0.39 is 29.5 Å². The fraction of sp³-hybridized carbons (Fsp3) is 0.786. The molecule has 1 aliphatic rings. The number of nitrogens with one attached hydrogen (secondary N) is 2. The van der Waals surface area contributed by atoms with Crippen molar-refractivity contribution < 1.29 is 19.5 Å². The number of hydrogen-bond donors (Lipinski definition) is 3. The van der Waals surface area contributed by atoms with E-state index in [0.29, 0.717) is 25.9 Å². The SMILES string of the molecule is CCCC1(C(=O)O)CCCN1C(C)C(=O)NC(=O)NCC. The number of carboxylic acids is 1. The zero-order chi connectivity index (χ0) is 16.0. The molecule has 0 radical (unpaired) electrons. The van der Waals surface area contributed by atoms with Crippen LogP contribution in [0.1, 0.15) is 46.5 Å². The quantitative estimate of drug-likeness (QED) is 0.678. The summed E-state index contributed by atoms with van der Waals surface area (Å²) in [6, 6.07) is -1.21. The number of carboxylic acid groups (broad SMARTS) is 1. The molecule has 0 aromatic rings. The molecule has 21 heavy (non-hydrogen) atoms. The number of likely N-dealkylation sites (tertiary alicyclic amines) is 1. The fourth-order valence-corrected chi connectivity index (χ4v) is 3.05. The monoisotopic (exact) mass is 299 g/mol. The van der Waals surface area contributed by atoms with Gasteiger partial charge in [0.2, 0.25) is 5.91 Å². The Balaban J connectivity index is 2.83. The maximum Gasteiger partial charge on any atom is 0.324 e. The molecule has 2 unspecified atom stereocenters. The number of hydrogen-bond acceptors (Lipinski definition) is 4. The first-order chi connectivity index (χ1) is 9.89. The second-order valence-electron chi connectivity index (χ2n) is 5.41. The van der Waals surface area contributed by atoms with Crippen molar-refractivity contribution in [2.75, 3.05) is 13.1 Å². The highest BCUT2D eigenvalue weighted by molar-refractivity contribution is 5.97. The third-order valence-corrected chi connectivity index (χ3v) is 4.02. The molecule has 1 heterocycles. The number of aliphatic carboxylic acids is 1. The number of nitrogens with zero attached hydrogens (tertiary/aromatic N) is 1. The van der Waals surface area contributed by atoms with Crippen LogP contribution in [-0.2, 0) is 9.59 Å². The second kappa shape index (κ2) is 7.40. The number of rotatable bonds is 6. The van der Waals surface area contributed by atoms with Crippen molar-refractivity contribution in [2.24, 2.45) is 0 Å². The maximum absolute atomic E-state index is 12.1. The average Bonchev–Trinajstić information content (AvgIpc) is 2.83. The second-order valence-corrected chi connectivity index (χ2v) is 5.41. The molecule has 0 bridgehead atoms. The van der Waals surface area contributed by atoms with Crippen molar-refractivity contribution in [3.8, 4) is 0 Å². The third-order valence-electron chi connectivity index (χ3n) is 4.02. The van der Waals surface area contributed by atoms with E-state index in [0.717, 1.165) is 12.8 Å². The first-order valence-corrected chi connectivity index (χ1v) is 7.47. The van der Waals surface area contributed by atoms with Gasteiger partial charge in [0.15, 0.2) is 0 Å². The first-order valence-electron chi connectivity index (χ1n) is 7.47. The van der Waals surface area contributed by atoms with Crippen LogP contribution in [0.3, 0.4) is 0 Å². The van der Waals surface area contributed by atoms with Gasteiger partial charge in [0.1, 0.15) is 5.54 Å². The van der Waals surface area contributed by atoms with Gasteiger partial charge >= 0.3 is 12.0 Å². The average molecular weight is 299 g/mol. The number of imide groups is 1. The summed E-state index contributed by atoms with van der Waals surface area (Å²) in [5.74, 6) is -1.36. The smallest absolute Gasteiger partial charge is 0.324 e. The molecule has 7 nitrogen and oxygen atoms in total. The van der Waals surface area contributed by atoms with E-state index in [-0.39, 0.29) is 0 Å². The maximum atomic E-state index is 12.1. The molecule has 1 rings (SSSR count). The number of urea groups is 1. The van der Waals surface area contributed by atoms with E-state index >= 15 is 0 Å². The molecule has 0 aromatic carbocycles. The highest BCUT2D eigenvalue weighted by Crippen LogP contribution is 2.35. The highest BCUT2D eigenvalue weighted by Gasteiger charge is 2.49. The Morgan fingerprint density at radius 3 is 2.52 bits per heavy atom. The topological polar surface area (TPSA) is 98.7 Å². The van der Waals surface area contributed by atoms with Crippen molar-refractivity contribution in [2.45, 2.75) is 58.0 Å². The van der Waals surface area contributed by atoms with Crippen molar-refractivity contribution >= 4 is 17.9 Å². The van der Waals surface area contributed by atoms with E-state index in [1.165, 1.54) is 0 Å². The summed E-state index contributed by atoms with van der Waals surface area (Å²) >= 11 is 0. The molecular weight excluding hydrogens is 274 g/mol. The molecule has 0 saturated carbocycles. The molecule has 3 amide bonds. The van der Waals surface area contributed by atoms with Gasteiger partial charge in [0.25, 0.3) is 0 Å². The molecule has 0 spiro atoms. The van der Waals surface area contributed by atoms with E-state index in [9.17, 15) is 19.5 Å². The number of amides is 3. The largest absolute Gasteiger partial charge is 0.480 e. The number of carbonyl (C=O) groups is 3. The standard InChI is InChI=1S/C14H25N3O4/c1-4-7-14(12(19)20)8-6-9-17(14)10(3)11(18)16-13(21)15-5-2/h10H,4-9H2,1-3H3,(H,19,20)(H2,15,16,18,21). The minimum Gasteiger partial charge on any atom is -0.480 e. The van der Waals surface area contributed by atoms with Gasteiger partial charge < -0.3 is 10.4 Å². The third kappa shape index (κ3) is 3.72. The lowest BCUT2D eigenvalue weighted by Gasteiger charge is -2.37. The lowest BCUT2D eigenvalue weighted by Crippen LogP contribution is -2.58. The van der Waals surface area contributed by atoms with Gasteiger partial charge in [-0.15, -0.1) is 0 Å². The van der Waals surface area contributed by atoms with E-state index in [1.54, 1.807) is 18.7 Å². The summed E-state index contributed by atoms with van der Waals surface area (Å²) in [6.45, 7) is 6.31. The minimum absolute atomic E-state index is 0.423. The van der Waals surface area contributed by atoms with Gasteiger partial charge in [-0.1, -0.05) is 13.3 Å². The highest BCUT2D eigenvalue weighted by atomic mass is 16.4. The van der Waals surface area contributed by atoms with Crippen molar-refractivity contribution in [3.05, 3.63) is 0 Å². The van der Waals surface area contributed by atoms with Crippen LogP contribution in [0.5, 0.6) is 0 Å². The summed E-state index contributed by atoms with van der Waals surface area (Å²) in [5, 5.41) is 14.3.